The summed E-state index contributed by atoms with van der Waals surface area (Å²) in [6.45, 7) is 1.66. The standard InChI is InChI=1S/C24H26N2O4S2/c1-18(30-22-15-13-21(14-16-22)26(2)32(3,28)29)24(27)25-20-11-9-19(10-12-20)17-31-23-7-5-4-6-8-23/h4-16,18H,17H2,1-3H3,(H,25,27)/t18-/m1/s1. The molecule has 0 saturated heterocycles. The molecule has 1 atom stereocenters. The first-order valence-corrected chi connectivity index (χ1v) is 12.8. The van der Waals surface area contributed by atoms with Crippen molar-refractivity contribution < 1.29 is 17.9 Å². The van der Waals surface area contributed by atoms with Crippen molar-refractivity contribution in [1.29, 1.82) is 0 Å². The second-order valence-corrected chi connectivity index (χ2v) is 10.3. The third-order valence-corrected chi connectivity index (χ3v) is 7.04. The largest absolute Gasteiger partial charge is 0.481 e. The summed E-state index contributed by atoms with van der Waals surface area (Å²) < 4.78 is 30.1. The number of amides is 1. The van der Waals surface area contributed by atoms with E-state index in [0.29, 0.717) is 17.1 Å². The molecule has 3 rings (SSSR count). The monoisotopic (exact) mass is 470 g/mol. The van der Waals surface area contributed by atoms with Crippen LogP contribution in [0.3, 0.4) is 0 Å². The smallest absolute Gasteiger partial charge is 0.265 e. The number of rotatable bonds is 9. The van der Waals surface area contributed by atoms with E-state index >= 15 is 0 Å². The minimum Gasteiger partial charge on any atom is -0.481 e. The molecular weight excluding hydrogens is 444 g/mol. The summed E-state index contributed by atoms with van der Waals surface area (Å²) in [5, 5.41) is 2.85. The number of anilines is 2. The van der Waals surface area contributed by atoms with Crippen LogP contribution in [0.2, 0.25) is 0 Å². The fourth-order valence-corrected chi connectivity index (χ4v) is 4.18. The van der Waals surface area contributed by atoms with Gasteiger partial charge in [-0.25, -0.2) is 8.42 Å². The number of carbonyl (C=O) groups is 1. The van der Waals surface area contributed by atoms with Gasteiger partial charge in [0.1, 0.15) is 5.75 Å². The highest BCUT2D eigenvalue weighted by Gasteiger charge is 2.16. The first-order valence-electron chi connectivity index (χ1n) is 10.0. The van der Waals surface area contributed by atoms with Crippen molar-refractivity contribution in [2.24, 2.45) is 0 Å². The van der Waals surface area contributed by atoms with Gasteiger partial charge in [-0.15, -0.1) is 11.8 Å². The molecule has 8 heteroatoms. The van der Waals surface area contributed by atoms with Gasteiger partial charge in [-0.3, -0.25) is 9.10 Å². The van der Waals surface area contributed by atoms with Gasteiger partial charge in [0.25, 0.3) is 5.91 Å². The number of hydrogen-bond donors (Lipinski definition) is 1. The van der Waals surface area contributed by atoms with Crippen LogP contribution in [0.25, 0.3) is 0 Å². The second-order valence-electron chi connectivity index (χ2n) is 7.27. The Morgan fingerprint density at radius 3 is 2.22 bits per heavy atom. The predicted octanol–water partition coefficient (Wildman–Crippen LogP) is 4.78. The van der Waals surface area contributed by atoms with E-state index < -0.39 is 16.1 Å². The highest BCUT2D eigenvalue weighted by Crippen LogP contribution is 2.24. The van der Waals surface area contributed by atoms with Gasteiger partial charge < -0.3 is 10.1 Å². The van der Waals surface area contributed by atoms with Gasteiger partial charge >= 0.3 is 0 Å². The number of hydrogen-bond acceptors (Lipinski definition) is 5. The van der Waals surface area contributed by atoms with Crippen molar-refractivity contribution in [2.45, 2.75) is 23.7 Å². The van der Waals surface area contributed by atoms with Gasteiger partial charge in [-0.2, -0.15) is 0 Å². The Morgan fingerprint density at radius 2 is 1.62 bits per heavy atom. The molecule has 3 aromatic rings. The summed E-state index contributed by atoms with van der Waals surface area (Å²) in [7, 11) is -1.85. The van der Waals surface area contributed by atoms with E-state index in [2.05, 4.69) is 17.4 Å². The molecule has 0 fully saturated rings. The van der Waals surface area contributed by atoms with Crippen LogP contribution in [0.5, 0.6) is 5.75 Å². The van der Waals surface area contributed by atoms with Gasteiger partial charge in [0.05, 0.1) is 11.9 Å². The van der Waals surface area contributed by atoms with Crippen molar-refractivity contribution in [3.63, 3.8) is 0 Å². The molecule has 6 nitrogen and oxygen atoms in total. The van der Waals surface area contributed by atoms with Crippen LogP contribution >= 0.6 is 11.8 Å². The van der Waals surface area contributed by atoms with Crippen molar-refractivity contribution in [3.8, 4) is 5.75 Å². The zero-order valence-electron chi connectivity index (χ0n) is 18.2. The van der Waals surface area contributed by atoms with Gasteiger partial charge in [0.2, 0.25) is 10.0 Å². The maximum absolute atomic E-state index is 12.5. The lowest BCUT2D eigenvalue weighted by molar-refractivity contribution is -0.122. The van der Waals surface area contributed by atoms with Gasteiger partial charge in [0.15, 0.2) is 6.10 Å². The normalized spacial score (nSPS) is 12.1. The van der Waals surface area contributed by atoms with E-state index in [1.807, 2.05) is 42.5 Å². The average molecular weight is 471 g/mol. The second kappa shape index (κ2) is 10.6. The number of benzene rings is 3. The topological polar surface area (TPSA) is 75.7 Å². The van der Waals surface area contributed by atoms with Crippen molar-refractivity contribution in [1.82, 2.24) is 0 Å². The lowest BCUT2D eigenvalue weighted by Gasteiger charge is -2.18. The summed E-state index contributed by atoms with van der Waals surface area (Å²) in [5.74, 6) is 1.06. The van der Waals surface area contributed by atoms with E-state index in [-0.39, 0.29) is 5.91 Å². The van der Waals surface area contributed by atoms with E-state index in [1.165, 1.54) is 21.8 Å². The molecule has 1 amide bonds. The highest BCUT2D eigenvalue weighted by molar-refractivity contribution is 7.98. The Morgan fingerprint density at radius 1 is 1.00 bits per heavy atom. The molecule has 0 unspecified atom stereocenters. The molecule has 0 saturated carbocycles. The zero-order chi connectivity index (χ0) is 23.1. The number of sulfonamides is 1. The molecule has 1 N–H and O–H groups in total. The van der Waals surface area contributed by atoms with Gasteiger partial charge in [-0.05, 0) is 61.0 Å². The van der Waals surface area contributed by atoms with Crippen LogP contribution in [-0.4, -0.2) is 33.7 Å². The summed E-state index contributed by atoms with van der Waals surface area (Å²) in [6, 6.07) is 24.5. The summed E-state index contributed by atoms with van der Waals surface area (Å²) >= 11 is 1.76. The van der Waals surface area contributed by atoms with E-state index in [0.717, 1.165) is 12.0 Å². The minimum atomic E-state index is -3.33. The fraction of sp³-hybridized carbons (Fsp3) is 0.208. The number of thioether (sulfide) groups is 1. The van der Waals surface area contributed by atoms with Crippen molar-refractivity contribution in [2.75, 3.05) is 22.9 Å². The van der Waals surface area contributed by atoms with Crippen LogP contribution in [-0.2, 0) is 20.6 Å². The third kappa shape index (κ3) is 6.77. The first kappa shape index (κ1) is 23.7. The summed E-state index contributed by atoms with van der Waals surface area (Å²) in [6.07, 6.45) is 0.417. The molecule has 0 radical (unpaired) electrons. The first-order chi connectivity index (χ1) is 15.2. The Balaban J connectivity index is 1.51. The molecule has 0 aliphatic rings. The lowest BCUT2D eigenvalue weighted by Crippen LogP contribution is -2.30. The number of carbonyl (C=O) groups excluding carboxylic acids is 1. The van der Waals surface area contributed by atoms with Crippen LogP contribution in [0.1, 0.15) is 12.5 Å². The van der Waals surface area contributed by atoms with Crippen molar-refractivity contribution >= 4 is 39.1 Å². The highest BCUT2D eigenvalue weighted by atomic mass is 32.2. The Labute approximate surface area is 193 Å². The SMILES string of the molecule is C[C@@H](Oc1ccc(N(C)S(C)(=O)=O)cc1)C(=O)Nc1ccc(CSc2ccccc2)cc1. The Bertz CT molecular complexity index is 1130. The van der Waals surface area contributed by atoms with Gasteiger partial charge in [-0.1, -0.05) is 30.3 Å². The summed E-state index contributed by atoms with van der Waals surface area (Å²) in [5.41, 5.74) is 2.38. The number of nitrogens with zero attached hydrogens (tertiary/aromatic N) is 1. The molecule has 0 bridgehead atoms. The molecular formula is C24H26N2O4S2. The predicted molar refractivity (Wildman–Crippen MR) is 131 cm³/mol. The maximum Gasteiger partial charge on any atom is 0.265 e. The molecule has 0 spiro atoms. The molecule has 0 aliphatic heterocycles. The van der Waals surface area contributed by atoms with E-state index in [1.54, 1.807) is 43.0 Å². The Kier molecular flexibility index (Phi) is 7.82. The van der Waals surface area contributed by atoms with Crippen LogP contribution in [0.15, 0.2) is 83.8 Å². The third-order valence-electron chi connectivity index (χ3n) is 4.75. The molecule has 3 aromatic carbocycles. The number of nitrogens with one attached hydrogen (secondary N) is 1. The molecule has 32 heavy (non-hydrogen) atoms. The van der Waals surface area contributed by atoms with E-state index in [9.17, 15) is 13.2 Å². The lowest BCUT2D eigenvalue weighted by atomic mass is 10.2. The molecule has 0 aromatic heterocycles. The molecule has 168 valence electrons. The summed E-state index contributed by atoms with van der Waals surface area (Å²) in [4.78, 5) is 13.7. The maximum atomic E-state index is 12.5. The van der Waals surface area contributed by atoms with Crippen LogP contribution < -0.4 is 14.4 Å². The molecule has 0 heterocycles. The van der Waals surface area contributed by atoms with Crippen molar-refractivity contribution in [3.05, 3.63) is 84.4 Å². The molecule has 0 aliphatic carbocycles. The minimum absolute atomic E-state index is 0.270. The fourth-order valence-electron chi connectivity index (χ4n) is 2.80. The number of ether oxygens (including phenoxy) is 1. The van der Waals surface area contributed by atoms with Crippen LogP contribution in [0.4, 0.5) is 11.4 Å². The zero-order valence-corrected chi connectivity index (χ0v) is 19.8. The van der Waals surface area contributed by atoms with Crippen LogP contribution in [0, 0.1) is 0 Å². The van der Waals surface area contributed by atoms with E-state index in [4.69, 9.17) is 4.74 Å². The Hall–Kier alpha value is -2.97. The van der Waals surface area contributed by atoms with Gasteiger partial charge in [0, 0.05) is 23.4 Å². The average Bonchev–Trinajstić information content (AvgIpc) is 2.78. The quantitative estimate of drug-likeness (QED) is 0.456.